The monoisotopic (exact) mass is 384 g/mol. The van der Waals surface area contributed by atoms with E-state index in [1.807, 2.05) is 31.2 Å². The van der Waals surface area contributed by atoms with E-state index in [0.717, 1.165) is 29.1 Å². The molecule has 2 N–H and O–H groups in total. The van der Waals surface area contributed by atoms with Crippen molar-refractivity contribution in [2.24, 2.45) is 0 Å². The Bertz CT molecular complexity index is 803. The first-order valence-corrected chi connectivity index (χ1v) is 10.0. The summed E-state index contributed by atoms with van der Waals surface area (Å²) in [5, 5.41) is 9.78. The van der Waals surface area contributed by atoms with E-state index in [0.29, 0.717) is 13.0 Å². The summed E-state index contributed by atoms with van der Waals surface area (Å²) in [7, 11) is -3.72. The molecule has 8 nitrogen and oxygen atoms in total. The Morgan fingerprint density at radius 1 is 1.24 bits per heavy atom. The predicted molar refractivity (Wildman–Crippen MR) is 95.3 cm³/mol. The van der Waals surface area contributed by atoms with E-state index < -0.39 is 10.0 Å². The number of ether oxygens (including phenoxy) is 1. The SMILES string of the molecule is CCOc1ccc(CCCNS(=O)(=O)c2nnc(NC(C)=O)s2)cc1. The molecule has 1 aromatic heterocycles. The van der Waals surface area contributed by atoms with Gasteiger partial charge in [0.05, 0.1) is 6.61 Å². The molecule has 0 spiro atoms. The van der Waals surface area contributed by atoms with E-state index in [2.05, 4.69) is 20.2 Å². The summed E-state index contributed by atoms with van der Waals surface area (Å²) in [6, 6.07) is 7.72. The van der Waals surface area contributed by atoms with E-state index in [4.69, 9.17) is 4.74 Å². The standard InChI is InChI=1S/C15H20N4O4S2/c1-3-23-13-8-6-12(7-9-13)5-4-10-16-25(21,22)15-19-18-14(24-15)17-11(2)20/h6-9,16H,3-5,10H2,1-2H3,(H,17,18,20). The molecule has 0 fully saturated rings. The molecule has 136 valence electrons. The minimum atomic E-state index is -3.72. The first-order valence-electron chi connectivity index (χ1n) is 7.73. The Labute approximate surface area is 150 Å². The van der Waals surface area contributed by atoms with E-state index in [1.165, 1.54) is 6.92 Å². The van der Waals surface area contributed by atoms with Crippen LogP contribution >= 0.6 is 11.3 Å². The van der Waals surface area contributed by atoms with Crippen LogP contribution in [0, 0.1) is 0 Å². The third-order valence-corrected chi connectivity index (χ3v) is 5.76. The highest BCUT2D eigenvalue weighted by Gasteiger charge is 2.19. The van der Waals surface area contributed by atoms with Gasteiger partial charge in [-0.3, -0.25) is 4.79 Å². The Morgan fingerprint density at radius 3 is 2.60 bits per heavy atom. The number of hydrogen-bond acceptors (Lipinski definition) is 7. The molecule has 1 amide bonds. The van der Waals surface area contributed by atoms with Gasteiger partial charge in [-0.15, -0.1) is 10.2 Å². The molecule has 0 radical (unpaired) electrons. The van der Waals surface area contributed by atoms with Crippen LogP contribution in [0.2, 0.25) is 0 Å². The number of anilines is 1. The van der Waals surface area contributed by atoms with Crippen molar-refractivity contribution in [3.05, 3.63) is 29.8 Å². The largest absolute Gasteiger partial charge is 0.494 e. The van der Waals surface area contributed by atoms with Crippen molar-refractivity contribution in [3.8, 4) is 5.75 Å². The lowest BCUT2D eigenvalue weighted by atomic mass is 10.1. The van der Waals surface area contributed by atoms with Crippen molar-refractivity contribution >= 4 is 32.4 Å². The topological polar surface area (TPSA) is 110 Å². The molecule has 1 aromatic carbocycles. The maximum Gasteiger partial charge on any atom is 0.269 e. The zero-order valence-corrected chi connectivity index (χ0v) is 15.6. The molecule has 2 rings (SSSR count). The van der Waals surface area contributed by atoms with E-state index in [1.54, 1.807) is 0 Å². The molecule has 2 aromatic rings. The lowest BCUT2D eigenvalue weighted by molar-refractivity contribution is -0.114. The number of rotatable bonds is 9. The van der Waals surface area contributed by atoms with Gasteiger partial charge in [0.15, 0.2) is 0 Å². The predicted octanol–water partition coefficient (Wildman–Crippen LogP) is 1.81. The van der Waals surface area contributed by atoms with Gasteiger partial charge in [-0.05, 0) is 37.5 Å². The number of carbonyl (C=O) groups is 1. The van der Waals surface area contributed by atoms with Gasteiger partial charge in [-0.2, -0.15) is 0 Å². The molecule has 10 heteroatoms. The van der Waals surface area contributed by atoms with Crippen LogP contribution in [0.1, 0.15) is 25.8 Å². The van der Waals surface area contributed by atoms with Gasteiger partial charge in [0.2, 0.25) is 15.4 Å². The second kappa shape index (κ2) is 8.88. The van der Waals surface area contributed by atoms with E-state index in [9.17, 15) is 13.2 Å². The summed E-state index contributed by atoms with van der Waals surface area (Å²) < 4.78 is 31.9. The van der Waals surface area contributed by atoms with Crippen LogP contribution < -0.4 is 14.8 Å². The highest BCUT2D eigenvalue weighted by atomic mass is 32.2. The summed E-state index contributed by atoms with van der Waals surface area (Å²) in [5.74, 6) is 0.488. The number of sulfonamides is 1. The van der Waals surface area contributed by atoms with Crippen LogP contribution in [-0.2, 0) is 21.2 Å². The summed E-state index contributed by atoms with van der Waals surface area (Å²) in [6.45, 7) is 4.15. The molecule has 0 saturated carbocycles. The quantitative estimate of drug-likeness (QED) is 0.504. The minimum absolute atomic E-state index is 0.155. The fraction of sp³-hybridized carbons (Fsp3) is 0.400. The first-order chi connectivity index (χ1) is 11.9. The van der Waals surface area contributed by atoms with Crippen LogP contribution in [0.5, 0.6) is 5.75 Å². The number of carbonyl (C=O) groups excluding carboxylic acids is 1. The van der Waals surface area contributed by atoms with Gasteiger partial charge in [-0.25, -0.2) is 13.1 Å². The number of amides is 1. The van der Waals surface area contributed by atoms with Crippen LogP contribution in [0.4, 0.5) is 5.13 Å². The zero-order chi connectivity index (χ0) is 18.3. The average Bonchev–Trinajstić information content (AvgIpc) is 3.02. The zero-order valence-electron chi connectivity index (χ0n) is 14.0. The highest BCUT2D eigenvalue weighted by molar-refractivity contribution is 7.91. The van der Waals surface area contributed by atoms with Crippen molar-refractivity contribution < 1.29 is 17.9 Å². The van der Waals surface area contributed by atoms with Crippen molar-refractivity contribution in [1.82, 2.24) is 14.9 Å². The Balaban J connectivity index is 1.81. The fourth-order valence-corrected chi connectivity index (χ4v) is 4.06. The smallest absolute Gasteiger partial charge is 0.269 e. The number of nitrogens with one attached hydrogen (secondary N) is 2. The highest BCUT2D eigenvalue weighted by Crippen LogP contribution is 2.19. The number of aromatic nitrogens is 2. The molecule has 0 atom stereocenters. The number of benzene rings is 1. The summed E-state index contributed by atoms with van der Waals surface area (Å²) in [4.78, 5) is 10.9. The van der Waals surface area contributed by atoms with Crippen molar-refractivity contribution in [1.29, 1.82) is 0 Å². The number of aryl methyl sites for hydroxylation is 1. The second-order valence-corrected chi connectivity index (χ2v) is 8.05. The van der Waals surface area contributed by atoms with Crippen LogP contribution in [0.3, 0.4) is 0 Å². The van der Waals surface area contributed by atoms with Gasteiger partial charge in [0.1, 0.15) is 5.75 Å². The van der Waals surface area contributed by atoms with Gasteiger partial charge >= 0.3 is 0 Å². The molecule has 0 aliphatic carbocycles. The minimum Gasteiger partial charge on any atom is -0.494 e. The molecule has 0 aliphatic heterocycles. The molecule has 0 saturated heterocycles. The van der Waals surface area contributed by atoms with Crippen molar-refractivity contribution in [2.75, 3.05) is 18.5 Å². The average molecular weight is 384 g/mol. The lowest BCUT2D eigenvalue weighted by Crippen LogP contribution is -2.25. The molecule has 1 heterocycles. The summed E-state index contributed by atoms with van der Waals surface area (Å²) in [5.41, 5.74) is 1.10. The normalized spacial score (nSPS) is 11.3. The van der Waals surface area contributed by atoms with Crippen LogP contribution in [0.15, 0.2) is 28.6 Å². The number of hydrogen-bond donors (Lipinski definition) is 2. The van der Waals surface area contributed by atoms with Gasteiger partial charge < -0.3 is 10.1 Å². The van der Waals surface area contributed by atoms with Gasteiger partial charge in [-0.1, -0.05) is 23.5 Å². The molecule has 0 aliphatic rings. The summed E-state index contributed by atoms with van der Waals surface area (Å²) in [6.07, 6.45) is 1.38. The van der Waals surface area contributed by atoms with Crippen LogP contribution in [0.25, 0.3) is 0 Å². The Kier molecular flexibility index (Phi) is 6.85. The third-order valence-electron chi connectivity index (χ3n) is 3.09. The Hall–Kier alpha value is -2.04. The van der Waals surface area contributed by atoms with E-state index in [-0.39, 0.29) is 21.9 Å². The maximum atomic E-state index is 12.1. The summed E-state index contributed by atoms with van der Waals surface area (Å²) >= 11 is 0.810. The van der Waals surface area contributed by atoms with Gasteiger partial charge in [0.25, 0.3) is 10.0 Å². The van der Waals surface area contributed by atoms with Crippen molar-refractivity contribution in [2.45, 2.75) is 31.0 Å². The molecule has 0 unspecified atom stereocenters. The van der Waals surface area contributed by atoms with Crippen LogP contribution in [-0.4, -0.2) is 37.7 Å². The fourth-order valence-electron chi connectivity index (χ4n) is 2.00. The molecular weight excluding hydrogens is 364 g/mol. The molecule has 25 heavy (non-hydrogen) atoms. The molecular formula is C15H20N4O4S2. The van der Waals surface area contributed by atoms with Gasteiger partial charge in [0, 0.05) is 13.5 Å². The lowest BCUT2D eigenvalue weighted by Gasteiger charge is -2.06. The van der Waals surface area contributed by atoms with E-state index >= 15 is 0 Å². The second-order valence-electron chi connectivity index (χ2n) is 5.13. The number of nitrogens with zero attached hydrogens (tertiary/aromatic N) is 2. The first kappa shape index (κ1) is 19.3. The third kappa shape index (κ3) is 6.07. The van der Waals surface area contributed by atoms with Crippen molar-refractivity contribution in [3.63, 3.8) is 0 Å². The maximum absolute atomic E-state index is 12.1. The molecule has 0 bridgehead atoms. The Morgan fingerprint density at radius 2 is 1.96 bits per heavy atom.